The van der Waals surface area contributed by atoms with E-state index in [2.05, 4.69) is 15.3 Å². The summed E-state index contributed by atoms with van der Waals surface area (Å²) in [5, 5.41) is 3.76. The highest BCUT2D eigenvalue weighted by Crippen LogP contribution is 2.20. The van der Waals surface area contributed by atoms with E-state index in [4.69, 9.17) is 17.3 Å². The summed E-state index contributed by atoms with van der Waals surface area (Å²) in [6.45, 7) is 0. The quantitative estimate of drug-likeness (QED) is 0.779. The summed E-state index contributed by atoms with van der Waals surface area (Å²) in [6.07, 6.45) is 6.50. The Morgan fingerprint density at radius 1 is 1.36 bits per heavy atom. The maximum Gasteiger partial charge on any atom is 0.222 e. The van der Waals surface area contributed by atoms with Crippen LogP contribution in [0.1, 0.15) is 19.3 Å². The number of hydrogen-bond donors (Lipinski definition) is 2. The van der Waals surface area contributed by atoms with Crippen molar-refractivity contribution in [2.75, 3.05) is 5.32 Å². The summed E-state index contributed by atoms with van der Waals surface area (Å²) in [4.78, 5) is 8.13. The minimum absolute atomic E-state index is 0.217. The Kier molecular flexibility index (Phi) is 2.84. The third-order valence-electron chi connectivity index (χ3n) is 2.50. The van der Waals surface area contributed by atoms with Crippen LogP contribution in [0.2, 0.25) is 5.02 Å². The standard InChI is InChI=1S/C9H13ClN4/c10-6-4-12-9(13-5-6)14-8-3-1-2-7(8)11/h4-5,7-8H,1-3,11H2,(H,12,13,14). The van der Waals surface area contributed by atoms with E-state index in [0.717, 1.165) is 12.8 Å². The first-order chi connectivity index (χ1) is 6.75. The zero-order valence-electron chi connectivity index (χ0n) is 7.78. The van der Waals surface area contributed by atoms with Gasteiger partial charge in [0.2, 0.25) is 5.95 Å². The Hall–Kier alpha value is -0.870. The smallest absolute Gasteiger partial charge is 0.222 e. The summed E-state index contributed by atoms with van der Waals surface area (Å²) in [5.41, 5.74) is 5.91. The largest absolute Gasteiger partial charge is 0.350 e. The maximum atomic E-state index is 5.91. The molecule has 1 saturated carbocycles. The van der Waals surface area contributed by atoms with E-state index < -0.39 is 0 Å². The monoisotopic (exact) mass is 212 g/mol. The molecular formula is C9H13ClN4. The highest BCUT2D eigenvalue weighted by Gasteiger charge is 2.23. The van der Waals surface area contributed by atoms with E-state index in [0.29, 0.717) is 17.0 Å². The number of nitrogens with zero attached hydrogens (tertiary/aromatic N) is 2. The molecule has 0 radical (unpaired) electrons. The molecule has 2 unspecified atom stereocenters. The molecule has 1 aliphatic carbocycles. The Labute approximate surface area is 87.9 Å². The van der Waals surface area contributed by atoms with Crippen LogP contribution in [0.15, 0.2) is 12.4 Å². The van der Waals surface area contributed by atoms with E-state index in [9.17, 15) is 0 Å². The van der Waals surface area contributed by atoms with Gasteiger partial charge < -0.3 is 11.1 Å². The van der Waals surface area contributed by atoms with Gasteiger partial charge in [0.15, 0.2) is 0 Å². The second-order valence-electron chi connectivity index (χ2n) is 3.57. The first-order valence-electron chi connectivity index (χ1n) is 4.75. The fourth-order valence-electron chi connectivity index (χ4n) is 1.72. The second kappa shape index (κ2) is 4.11. The molecule has 0 aliphatic heterocycles. The van der Waals surface area contributed by atoms with Crippen molar-refractivity contribution in [3.05, 3.63) is 17.4 Å². The molecule has 2 rings (SSSR count). The van der Waals surface area contributed by atoms with Crippen molar-refractivity contribution in [1.82, 2.24) is 9.97 Å². The van der Waals surface area contributed by atoms with Gasteiger partial charge in [-0.25, -0.2) is 9.97 Å². The van der Waals surface area contributed by atoms with Gasteiger partial charge in [-0.15, -0.1) is 0 Å². The first-order valence-corrected chi connectivity index (χ1v) is 5.13. The molecule has 0 amide bonds. The number of hydrogen-bond acceptors (Lipinski definition) is 4. The van der Waals surface area contributed by atoms with E-state index >= 15 is 0 Å². The van der Waals surface area contributed by atoms with Gasteiger partial charge in [0, 0.05) is 12.1 Å². The van der Waals surface area contributed by atoms with Gasteiger partial charge in [0.25, 0.3) is 0 Å². The molecule has 2 atom stereocenters. The average molecular weight is 213 g/mol. The van der Waals surface area contributed by atoms with Crippen LogP contribution in [0, 0.1) is 0 Å². The normalized spacial score (nSPS) is 26.4. The Morgan fingerprint density at radius 2 is 2.07 bits per heavy atom. The lowest BCUT2D eigenvalue weighted by Crippen LogP contribution is -2.35. The van der Waals surface area contributed by atoms with Gasteiger partial charge in [-0.1, -0.05) is 11.6 Å². The molecule has 0 bridgehead atoms. The molecule has 4 nitrogen and oxygen atoms in total. The lowest BCUT2D eigenvalue weighted by atomic mass is 10.2. The van der Waals surface area contributed by atoms with Gasteiger partial charge in [-0.3, -0.25) is 0 Å². The van der Waals surface area contributed by atoms with Crippen LogP contribution in [0.4, 0.5) is 5.95 Å². The van der Waals surface area contributed by atoms with Gasteiger partial charge in [0.1, 0.15) is 0 Å². The van der Waals surface area contributed by atoms with Gasteiger partial charge in [0.05, 0.1) is 17.4 Å². The SMILES string of the molecule is NC1CCCC1Nc1ncc(Cl)cn1. The maximum absolute atomic E-state index is 5.91. The van der Waals surface area contributed by atoms with E-state index in [-0.39, 0.29) is 6.04 Å². The van der Waals surface area contributed by atoms with E-state index in [1.54, 1.807) is 12.4 Å². The zero-order chi connectivity index (χ0) is 9.97. The van der Waals surface area contributed by atoms with Crippen molar-refractivity contribution in [2.45, 2.75) is 31.3 Å². The van der Waals surface area contributed by atoms with Crippen molar-refractivity contribution in [2.24, 2.45) is 5.73 Å². The van der Waals surface area contributed by atoms with Crippen molar-refractivity contribution >= 4 is 17.5 Å². The number of halogens is 1. The molecule has 0 saturated heterocycles. The van der Waals surface area contributed by atoms with Crippen LogP contribution in [0.5, 0.6) is 0 Å². The molecule has 5 heteroatoms. The summed E-state index contributed by atoms with van der Waals surface area (Å²) in [7, 11) is 0. The fraction of sp³-hybridized carbons (Fsp3) is 0.556. The number of nitrogens with two attached hydrogens (primary N) is 1. The van der Waals surface area contributed by atoms with Crippen LogP contribution in [0.25, 0.3) is 0 Å². The Morgan fingerprint density at radius 3 is 2.64 bits per heavy atom. The van der Waals surface area contributed by atoms with Crippen LogP contribution in [0.3, 0.4) is 0 Å². The number of rotatable bonds is 2. The van der Waals surface area contributed by atoms with Gasteiger partial charge in [-0.05, 0) is 19.3 Å². The third-order valence-corrected chi connectivity index (χ3v) is 2.70. The predicted molar refractivity (Wildman–Crippen MR) is 56.3 cm³/mol. The topological polar surface area (TPSA) is 63.8 Å². The third kappa shape index (κ3) is 2.13. The highest BCUT2D eigenvalue weighted by molar-refractivity contribution is 6.30. The minimum atomic E-state index is 0.217. The summed E-state index contributed by atoms with van der Waals surface area (Å²) in [6, 6.07) is 0.519. The fourth-order valence-corrected chi connectivity index (χ4v) is 1.82. The predicted octanol–water partition coefficient (Wildman–Crippen LogP) is 1.42. The number of anilines is 1. The van der Waals surface area contributed by atoms with Crippen LogP contribution >= 0.6 is 11.6 Å². The second-order valence-corrected chi connectivity index (χ2v) is 4.01. The lowest BCUT2D eigenvalue weighted by Gasteiger charge is -2.16. The zero-order valence-corrected chi connectivity index (χ0v) is 8.54. The average Bonchev–Trinajstić information content (AvgIpc) is 2.56. The van der Waals surface area contributed by atoms with Gasteiger partial charge in [-0.2, -0.15) is 0 Å². The summed E-state index contributed by atoms with van der Waals surface area (Å²) < 4.78 is 0. The molecule has 76 valence electrons. The van der Waals surface area contributed by atoms with Crippen LogP contribution < -0.4 is 11.1 Å². The molecule has 3 N–H and O–H groups in total. The minimum Gasteiger partial charge on any atom is -0.350 e. The van der Waals surface area contributed by atoms with Crippen molar-refractivity contribution in [3.63, 3.8) is 0 Å². The van der Waals surface area contributed by atoms with E-state index in [1.807, 2.05) is 0 Å². The first kappa shape index (κ1) is 9.68. The molecule has 0 aromatic carbocycles. The van der Waals surface area contributed by atoms with Crippen molar-refractivity contribution in [3.8, 4) is 0 Å². The molecule has 14 heavy (non-hydrogen) atoms. The van der Waals surface area contributed by atoms with Crippen molar-refractivity contribution in [1.29, 1.82) is 0 Å². The lowest BCUT2D eigenvalue weighted by molar-refractivity contribution is 0.633. The molecule has 1 fully saturated rings. The van der Waals surface area contributed by atoms with Crippen molar-refractivity contribution < 1.29 is 0 Å². The number of nitrogens with one attached hydrogen (secondary N) is 1. The molecule has 1 aliphatic rings. The molecule has 0 spiro atoms. The molecule has 1 aromatic rings. The van der Waals surface area contributed by atoms with Gasteiger partial charge >= 0.3 is 0 Å². The molecule has 1 aromatic heterocycles. The summed E-state index contributed by atoms with van der Waals surface area (Å²) in [5.74, 6) is 0.608. The Balaban J connectivity index is 2.00. The highest BCUT2D eigenvalue weighted by atomic mass is 35.5. The summed E-state index contributed by atoms with van der Waals surface area (Å²) >= 11 is 5.68. The Bertz CT molecular complexity index is 300. The van der Waals surface area contributed by atoms with E-state index in [1.165, 1.54) is 6.42 Å². The number of aromatic nitrogens is 2. The van der Waals surface area contributed by atoms with Crippen LogP contribution in [-0.4, -0.2) is 22.1 Å². The molecule has 1 heterocycles. The molecular weight excluding hydrogens is 200 g/mol. The van der Waals surface area contributed by atoms with Crippen LogP contribution in [-0.2, 0) is 0 Å².